The Morgan fingerprint density at radius 2 is 1.77 bits per heavy atom. The van der Waals surface area contributed by atoms with Crippen LogP contribution in [0.25, 0.3) is 10.6 Å². The number of nitrogens with one attached hydrogen (secondary N) is 2. The van der Waals surface area contributed by atoms with Crippen molar-refractivity contribution in [2.24, 2.45) is 0 Å². The van der Waals surface area contributed by atoms with Crippen LogP contribution in [-0.2, 0) is 4.79 Å². The van der Waals surface area contributed by atoms with E-state index in [-0.39, 0.29) is 22.3 Å². The highest BCUT2D eigenvalue weighted by Crippen LogP contribution is 2.44. The largest absolute Gasteiger partial charge is 0.573 e. The maximum absolute atomic E-state index is 13.3. The molecule has 1 aliphatic carbocycles. The molecule has 1 saturated carbocycles. The van der Waals surface area contributed by atoms with Crippen molar-refractivity contribution in [1.29, 1.82) is 0 Å². The molecule has 2 fully saturated rings. The Labute approximate surface area is 224 Å². The van der Waals surface area contributed by atoms with E-state index in [9.17, 15) is 22.8 Å². The summed E-state index contributed by atoms with van der Waals surface area (Å²) in [5, 5.41) is 13.6. The van der Waals surface area contributed by atoms with Gasteiger partial charge in [-0.1, -0.05) is 11.3 Å². The van der Waals surface area contributed by atoms with Gasteiger partial charge in [-0.3, -0.25) is 19.8 Å². The third-order valence-corrected chi connectivity index (χ3v) is 7.42. The average molecular weight is 564 g/mol. The lowest BCUT2D eigenvalue weighted by molar-refractivity contribution is -0.274. The van der Waals surface area contributed by atoms with Crippen molar-refractivity contribution in [2.45, 2.75) is 24.7 Å². The molecule has 2 aromatic heterocycles. The molecule has 206 valence electrons. The third-order valence-electron chi connectivity index (χ3n) is 6.53. The number of nitrogens with zero attached hydrogens (tertiary/aromatic N) is 6. The van der Waals surface area contributed by atoms with Crippen molar-refractivity contribution >= 4 is 39.9 Å². The molecular weight excluding hydrogens is 539 g/mol. The van der Waals surface area contributed by atoms with E-state index in [4.69, 9.17) is 5.73 Å². The van der Waals surface area contributed by atoms with Crippen LogP contribution in [-0.4, -0.2) is 86.9 Å². The molecule has 4 N–H and O–H groups in total. The van der Waals surface area contributed by atoms with Crippen LogP contribution >= 0.6 is 11.3 Å². The van der Waals surface area contributed by atoms with Crippen molar-refractivity contribution in [3.63, 3.8) is 0 Å². The van der Waals surface area contributed by atoms with Crippen LogP contribution in [0.15, 0.2) is 30.6 Å². The van der Waals surface area contributed by atoms with Crippen LogP contribution in [0.4, 0.5) is 29.9 Å². The topological polar surface area (TPSA) is 151 Å². The fourth-order valence-electron chi connectivity index (χ4n) is 4.27. The first kappa shape index (κ1) is 26.7. The molecule has 5 rings (SSSR count). The number of hydrogen-bond donors (Lipinski definition) is 3. The number of carbonyl (C=O) groups excluding carboxylic acids is 2. The van der Waals surface area contributed by atoms with Crippen molar-refractivity contribution in [3.05, 3.63) is 36.2 Å². The zero-order chi connectivity index (χ0) is 27.8. The van der Waals surface area contributed by atoms with Gasteiger partial charge >= 0.3 is 6.36 Å². The number of carbonyl (C=O) groups is 2. The van der Waals surface area contributed by atoms with E-state index >= 15 is 0 Å². The zero-order valence-corrected chi connectivity index (χ0v) is 21.5. The molecule has 2 aliphatic rings. The molecule has 1 aromatic carbocycles. The van der Waals surface area contributed by atoms with Crippen LogP contribution in [0.1, 0.15) is 23.2 Å². The van der Waals surface area contributed by atoms with Gasteiger partial charge in [0.1, 0.15) is 5.54 Å². The summed E-state index contributed by atoms with van der Waals surface area (Å²) in [5.41, 5.74) is 4.95. The van der Waals surface area contributed by atoms with Gasteiger partial charge in [-0.25, -0.2) is 9.97 Å². The van der Waals surface area contributed by atoms with Crippen LogP contribution in [0.3, 0.4) is 0 Å². The van der Waals surface area contributed by atoms with Gasteiger partial charge in [-0.05, 0) is 38.1 Å². The second kappa shape index (κ2) is 10.3. The number of benzene rings is 1. The van der Waals surface area contributed by atoms with E-state index in [0.29, 0.717) is 36.5 Å². The number of aromatic nitrogens is 4. The lowest BCUT2D eigenvalue weighted by atomic mass is 10.1. The summed E-state index contributed by atoms with van der Waals surface area (Å²) >= 11 is 1.04. The first-order chi connectivity index (χ1) is 18.5. The normalized spacial score (nSPS) is 17.4. The van der Waals surface area contributed by atoms with Gasteiger partial charge in [0.2, 0.25) is 17.0 Å². The van der Waals surface area contributed by atoms with E-state index in [0.717, 1.165) is 42.6 Å². The fourth-order valence-corrected chi connectivity index (χ4v) is 4.98. The lowest BCUT2D eigenvalue weighted by Gasteiger charge is -2.37. The Hall–Kier alpha value is -3.89. The van der Waals surface area contributed by atoms with Crippen molar-refractivity contribution in [1.82, 2.24) is 30.0 Å². The van der Waals surface area contributed by atoms with E-state index < -0.39 is 29.5 Å². The van der Waals surface area contributed by atoms with Gasteiger partial charge in [-0.15, -0.1) is 23.4 Å². The Kier molecular flexibility index (Phi) is 7.09. The second-order valence-electron chi connectivity index (χ2n) is 9.23. The molecular formula is C23H24F3N9O3S. The molecule has 0 radical (unpaired) electrons. The monoisotopic (exact) mass is 563 g/mol. The third kappa shape index (κ3) is 6.07. The lowest BCUT2D eigenvalue weighted by Crippen LogP contribution is -2.54. The minimum Gasteiger partial charge on any atom is -0.404 e. The number of anilines is 3. The Balaban J connectivity index is 1.34. The van der Waals surface area contributed by atoms with Crippen molar-refractivity contribution in [2.75, 3.05) is 49.6 Å². The highest BCUT2D eigenvalue weighted by atomic mass is 32.1. The Morgan fingerprint density at radius 3 is 2.41 bits per heavy atom. The van der Waals surface area contributed by atoms with E-state index in [2.05, 4.69) is 45.3 Å². The SMILES string of the molecule is CN1CCN(C2(C(=O)Nc3cc(C(=O)Nc4nnc(-c5cnc(N)nc5)s4)ccc3OC(F)(F)F)CC2)CC1. The van der Waals surface area contributed by atoms with Gasteiger partial charge < -0.3 is 20.7 Å². The number of nitrogens with two attached hydrogens (primary N) is 1. The number of rotatable bonds is 7. The minimum absolute atomic E-state index is 0.0168. The molecule has 3 heterocycles. The van der Waals surface area contributed by atoms with Gasteiger partial charge in [0.15, 0.2) is 10.8 Å². The summed E-state index contributed by atoms with van der Waals surface area (Å²) in [5.74, 6) is -1.63. The molecule has 0 spiro atoms. The molecule has 0 atom stereocenters. The summed E-state index contributed by atoms with van der Waals surface area (Å²) < 4.78 is 43.4. The summed E-state index contributed by atoms with van der Waals surface area (Å²) in [7, 11) is 1.99. The van der Waals surface area contributed by atoms with Gasteiger partial charge in [0.05, 0.1) is 5.69 Å². The fraction of sp³-hybridized carbons (Fsp3) is 0.391. The Bertz CT molecular complexity index is 1370. The van der Waals surface area contributed by atoms with Crippen LogP contribution < -0.4 is 21.1 Å². The number of piperazine rings is 1. The van der Waals surface area contributed by atoms with Crippen LogP contribution in [0, 0.1) is 0 Å². The minimum atomic E-state index is -4.99. The molecule has 1 saturated heterocycles. The molecule has 0 unspecified atom stereocenters. The number of amides is 2. The highest BCUT2D eigenvalue weighted by molar-refractivity contribution is 7.18. The number of alkyl halides is 3. The molecule has 1 aliphatic heterocycles. The number of halogens is 3. The number of likely N-dealkylation sites (N-methyl/N-ethyl adjacent to an activating group) is 1. The number of hydrogen-bond acceptors (Lipinski definition) is 11. The van der Waals surface area contributed by atoms with Crippen molar-refractivity contribution < 1.29 is 27.5 Å². The molecule has 2 amide bonds. The first-order valence-electron chi connectivity index (χ1n) is 11.9. The smallest absolute Gasteiger partial charge is 0.404 e. The summed E-state index contributed by atoms with van der Waals surface area (Å²) in [4.78, 5) is 38.2. The van der Waals surface area contributed by atoms with Gasteiger partial charge in [-0.2, -0.15) is 0 Å². The standard InChI is InChI=1S/C23H24F3N9O3S/c1-34-6-8-35(9-7-34)22(4-5-22)19(37)30-15-10-13(2-3-16(15)38-23(24,25)26)17(36)31-21-33-32-18(39-21)14-11-28-20(27)29-12-14/h2-3,10-12H,4-9H2,1H3,(H,30,37)(H2,27,28,29)(H,31,33,36). The van der Waals surface area contributed by atoms with Gasteiger partial charge in [0.25, 0.3) is 5.91 Å². The summed E-state index contributed by atoms with van der Waals surface area (Å²) in [6, 6.07) is 3.30. The predicted molar refractivity (Wildman–Crippen MR) is 136 cm³/mol. The predicted octanol–water partition coefficient (Wildman–Crippen LogP) is 2.45. The average Bonchev–Trinajstić information content (AvgIpc) is 3.57. The molecule has 3 aromatic rings. The molecule has 39 heavy (non-hydrogen) atoms. The number of ether oxygens (including phenoxy) is 1. The maximum Gasteiger partial charge on any atom is 0.573 e. The van der Waals surface area contributed by atoms with Crippen molar-refractivity contribution in [3.8, 4) is 16.3 Å². The van der Waals surface area contributed by atoms with E-state index in [1.165, 1.54) is 12.4 Å². The molecule has 0 bridgehead atoms. The zero-order valence-electron chi connectivity index (χ0n) is 20.7. The first-order valence-corrected chi connectivity index (χ1v) is 12.7. The molecule has 12 nitrogen and oxygen atoms in total. The van der Waals surface area contributed by atoms with E-state index in [1.54, 1.807) is 0 Å². The molecule has 16 heteroatoms. The summed E-state index contributed by atoms with van der Waals surface area (Å²) in [6.07, 6.45) is -0.894. The summed E-state index contributed by atoms with van der Waals surface area (Å²) in [6.45, 7) is 2.91. The maximum atomic E-state index is 13.3. The quantitative estimate of drug-likeness (QED) is 0.391. The van der Waals surface area contributed by atoms with Crippen LogP contribution in [0.5, 0.6) is 5.75 Å². The second-order valence-corrected chi connectivity index (χ2v) is 10.2. The number of nitrogen functional groups attached to an aromatic ring is 1. The van der Waals surface area contributed by atoms with Crippen LogP contribution in [0.2, 0.25) is 0 Å². The van der Waals surface area contributed by atoms with E-state index in [1.807, 2.05) is 7.05 Å². The highest BCUT2D eigenvalue weighted by Gasteiger charge is 2.55. The van der Waals surface area contributed by atoms with Gasteiger partial charge in [0, 0.05) is 49.7 Å². The Morgan fingerprint density at radius 1 is 1.08 bits per heavy atom.